The summed E-state index contributed by atoms with van der Waals surface area (Å²) in [5, 5.41) is 3.17. The molecule has 1 N–H and O–H groups in total. The normalized spacial score (nSPS) is 30.4. The SMILES string of the molecule is CC(C)N1CCCCC1CN1CCNCCS1(=O)=O. The van der Waals surface area contributed by atoms with Crippen LogP contribution in [0.1, 0.15) is 33.1 Å². The Hall–Kier alpha value is -0.170. The molecule has 112 valence electrons. The van der Waals surface area contributed by atoms with Crippen molar-refractivity contribution in [1.29, 1.82) is 0 Å². The first kappa shape index (κ1) is 15.2. The van der Waals surface area contributed by atoms with Gasteiger partial charge in [0.15, 0.2) is 0 Å². The van der Waals surface area contributed by atoms with Gasteiger partial charge in [-0.3, -0.25) is 4.90 Å². The number of hydrogen-bond acceptors (Lipinski definition) is 4. The second-order valence-electron chi connectivity index (χ2n) is 5.91. The third-order valence-electron chi connectivity index (χ3n) is 4.22. The van der Waals surface area contributed by atoms with Crippen LogP contribution in [0.2, 0.25) is 0 Å². The molecule has 2 fully saturated rings. The van der Waals surface area contributed by atoms with Crippen molar-refractivity contribution in [2.24, 2.45) is 0 Å². The summed E-state index contributed by atoms with van der Waals surface area (Å²) in [5.41, 5.74) is 0. The molecule has 5 nitrogen and oxygen atoms in total. The Morgan fingerprint density at radius 2 is 2.00 bits per heavy atom. The minimum absolute atomic E-state index is 0.237. The van der Waals surface area contributed by atoms with Crippen LogP contribution in [-0.2, 0) is 10.0 Å². The predicted octanol–water partition coefficient (Wildman–Crippen LogP) is 0.484. The summed E-state index contributed by atoms with van der Waals surface area (Å²) >= 11 is 0. The Kier molecular flexibility index (Phi) is 5.22. The van der Waals surface area contributed by atoms with Gasteiger partial charge in [-0.15, -0.1) is 0 Å². The molecule has 0 bridgehead atoms. The van der Waals surface area contributed by atoms with Gasteiger partial charge in [0.1, 0.15) is 0 Å². The fraction of sp³-hybridized carbons (Fsp3) is 1.00. The van der Waals surface area contributed by atoms with E-state index in [1.807, 2.05) is 0 Å². The highest BCUT2D eigenvalue weighted by Crippen LogP contribution is 2.21. The Morgan fingerprint density at radius 3 is 2.74 bits per heavy atom. The van der Waals surface area contributed by atoms with Crippen LogP contribution in [0.5, 0.6) is 0 Å². The maximum atomic E-state index is 12.2. The maximum absolute atomic E-state index is 12.2. The molecule has 2 aliphatic rings. The molecule has 0 aliphatic carbocycles. The lowest BCUT2D eigenvalue weighted by Crippen LogP contribution is -2.51. The third-order valence-corrected chi connectivity index (χ3v) is 6.06. The van der Waals surface area contributed by atoms with E-state index in [9.17, 15) is 8.42 Å². The van der Waals surface area contributed by atoms with Crippen LogP contribution in [0.3, 0.4) is 0 Å². The van der Waals surface area contributed by atoms with Crippen molar-refractivity contribution < 1.29 is 8.42 Å². The summed E-state index contributed by atoms with van der Waals surface area (Å²) in [6, 6.07) is 0.889. The second kappa shape index (κ2) is 6.52. The fourth-order valence-corrected chi connectivity index (χ4v) is 4.57. The van der Waals surface area contributed by atoms with Gasteiger partial charge in [-0.05, 0) is 33.2 Å². The van der Waals surface area contributed by atoms with Gasteiger partial charge < -0.3 is 5.32 Å². The van der Waals surface area contributed by atoms with E-state index in [0.29, 0.717) is 31.7 Å². The van der Waals surface area contributed by atoms with Crippen molar-refractivity contribution in [2.75, 3.05) is 38.5 Å². The van der Waals surface area contributed by atoms with Gasteiger partial charge in [0.25, 0.3) is 0 Å². The van der Waals surface area contributed by atoms with Crippen molar-refractivity contribution in [3.05, 3.63) is 0 Å². The molecule has 2 rings (SSSR count). The predicted molar refractivity (Wildman–Crippen MR) is 77.7 cm³/mol. The maximum Gasteiger partial charge on any atom is 0.215 e. The zero-order chi connectivity index (χ0) is 13.9. The van der Waals surface area contributed by atoms with Gasteiger partial charge in [-0.2, -0.15) is 4.31 Å². The molecular formula is C13H27N3O2S. The first-order valence-corrected chi connectivity index (χ1v) is 9.06. The Balaban J connectivity index is 2.04. The molecule has 0 spiro atoms. The summed E-state index contributed by atoms with van der Waals surface area (Å²) in [6.45, 7) is 8.15. The lowest BCUT2D eigenvalue weighted by atomic mass is 10.0. The summed E-state index contributed by atoms with van der Waals surface area (Å²) in [7, 11) is -3.06. The average molecular weight is 289 g/mol. The molecule has 0 amide bonds. The Morgan fingerprint density at radius 1 is 1.21 bits per heavy atom. The van der Waals surface area contributed by atoms with Crippen molar-refractivity contribution in [3.63, 3.8) is 0 Å². The molecule has 0 saturated carbocycles. The summed E-state index contributed by atoms with van der Waals surface area (Å²) in [6.07, 6.45) is 3.58. The van der Waals surface area contributed by atoms with E-state index in [0.717, 1.165) is 19.5 Å². The number of rotatable bonds is 3. The van der Waals surface area contributed by atoms with E-state index in [1.54, 1.807) is 4.31 Å². The van der Waals surface area contributed by atoms with E-state index in [-0.39, 0.29) is 5.75 Å². The standard InChI is InChI=1S/C13H27N3O2S/c1-12(2)16-8-4-3-5-13(16)11-15-9-6-14-7-10-19(15,17)18/h12-14H,3-11H2,1-2H3. The molecule has 1 atom stereocenters. The lowest BCUT2D eigenvalue weighted by molar-refractivity contribution is 0.0968. The van der Waals surface area contributed by atoms with Gasteiger partial charge in [0, 0.05) is 38.3 Å². The number of hydrogen-bond donors (Lipinski definition) is 1. The minimum atomic E-state index is -3.06. The van der Waals surface area contributed by atoms with E-state index < -0.39 is 10.0 Å². The molecule has 0 aromatic carbocycles. The van der Waals surface area contributed by atoms with Crippen LogP contribution in [0.25, 0.3) is 0 Å². The molecule has 19 heavy (non-hydrogen) atoms. The quantitative estimate of drug-likeness (QED) is 0.821. The number of nitrogens with one attached hydrogen (secondary N) is 1. The smallest absolute Gasteiger partial charge is 0.215 e. The number of likely N-dealkylation sites (tertiary alicyclic amines) is 1. The summed E-state index contributed by atoms with van der Waals surface area (Å²) < 4.78 is 26.1. The van der Waals surface area contributed by atoms with Crippen molar-refractivity contribution in [3.8, 4) is 0 Å². The van der Waals surface area contributed by atoms with E-state index >= 15 is 0 Å². The van der Waals surface area contributed by atoms with Gasteiger partial charge >= 0.3 is 0 Å². The summed E-state index contributed by atoms with van der Waals surface area (Å²) in [4.78, 5) is 2.47. The second-order valence-corrected chi connectivity index (χ2v) is 7.99. The molecule has 1 unspecified atom stereocenters. The largest absolute Gasteiger partial charge is 0.314 e. The Bertz CT molecular complexity index is 383. The Labute approximate surface area is 117 Å². The van der Waals surface area contributed by atoms with Crippen LogP contribution in [0, 0.1) is 0 Å². The zero-order valence-corrected chi connectivity index (χ0v) is 13.0. The molecule has 0 radical (unpaired) electrons. The van der Waals surface area contributed by atoms with Crippen molar-refractivity contribution >= 4 is 10.0 Å². The molecule has 2 saturated heterocycles. The van der Waals surface area contributed by atoms with Gasteiger partial charge in [-0.25, -0.2) is 8.42 Å². The summed E-state index contributed by atoms with van der Waals surface area (Å²) in [5.74, 6) is 0.237. The molecule has 0 aromatic rings. The van der Waals surface area contributed by atoms with Crippen LogP contribution in [0.4, 0.5) is 0 Å². The average Bonchev–Trinajstić information content (AvgIpc) is 2.52. The number of nitrogens with zero attached hydrogens (tertiary/aromatic N) is 2. The highest BCUT2D eigenvalue weighted by molar-refractivity contribution is 7.89. The van der Waals surface area contributed by atoms with Crippen molar-refractivity contribution in [1.82, 2.24) is 14.5 Å². The van der Waals surface area contributed by atoms with Crippen LogP contribution < -0.4 is 5.32 Å². The fourth-order valence-electron chi connectivity index (χ4n) is 3.14. The first-order chi connectivity index (χ1) is 9.00. The molecule has 2 aliphatic heterocycles. The third kappa shape index (κ3) is 3.90. The molecule has 0 aromatic heterocycles. The van der Waals surface area contributed by atoms with Gasteiger partial charge in [0.05, 0.1) is 5.75 Å². The minimum Gasteiger partial charge on any atom is -0.314 e. The van der Waals surface area contributed by atoms with Gasteiger partial charge in [-0.1, -0.05) is 6.42 Å². The lowest BCUT2D eigenvalue weighted by Gasteiger charge is -2.40. The first-order valence-electron chi connectivity index (χ1n) is 7.45. The van der Waals surface area contributed by atoms with E-state index in [4.69, 9.17) is 0 Å². The molecule has 2 heterocycles. The van der Waals surface area contributed by atoms with Crippen LogP contribution in [-0.4, -0.2) is 68.2 Å². The number of sulfonamides is 1. The van der Waals surface area contributed by atoms with E-state index in [2.05, 4.69) is 24.1 Å². The van der Waals surface area contributed by atoms with Crippen LogP contribution in [0.15, 0.2) is 0 Å². The van der Waals surface area contributed by atoms with Crippen LogP contribution >= 0.6 is 0 Å². The highest BCUT2D eigenvalue weighted by atomic mass is 32.2. The monoisotopic (exact) mass is 289 g/mol. The van der Waals surface area contributed by atoms with Crippen molar-refractivity contribution in [2.45, 2.75) is 45.2 Å². The van der Waals surface area contributed by atoms with Gasteiger partial charge in [0.2, 0.25) is 10.0 Å². The molecule has 6 heteroatoms. The molecular weight excluding hydrogens is 262 g/mol. The zero-order valence-electron chi connectivity index (χ0n) is 12.1. The van der Waals surface area contributed by atoms with E-state index in [1.165, 1.54) is 12.8 Å². The highest BCUT2D eigenvalue weighted by Gasteiger charge is 2.31. The topological polar surface area (TPSA) is 52.6 Å². The number of piperidine rings is 1.